The van der Waals surface area contributed by atoms with Crippen LogP contribution in [-0.4, -0.2) is 102 Å². The highest BCUT2D eigenvalue weighted by Crippen LogP contribution is 2.56. The van der Waals surface area contributed by atoms with Gasteiger partial charge in [0.1, 0.15) is 11.6 Å². The molecule has 5 aromatic rings. The molecule has 380 valence electrons. The van der Waals surface area contributed by atoms with E-state index in [1.54, 1.807) is 4.90 Å². The van der Waals surface area contributed by atoms with E-state index in [1.807, 2.05) is 55.1 Å². The van der Waals surface area contributed by atoms with Crippen LogP contribution in [0.5, 0.6) is 11.5 Å². The first kappa shape index (κ1) is 49.5. The highest BCUT2D eigenvalue weighted by atomic mass is 35.5. The Morgan fingerprint density at radius 2 is 1.67 bits per heavy atom. The molecule has 0 bridgehead atoms. The number of anilines is 1. The third-order valence-corrected chi connectivity index (χ3v) is 16.8. The third-order valence-electron chi connectivity index (χ3n) is 16.5. The van der Waals surface area contributed by atoms with Crippen LogP contribution in [0, 0.1) is 23.5 Å². The molecule has 4 N–H and O–H groups in total. The van der Waals surface area contributed by atoms with Gasteiger partial charge >= 0.3 is 6.03 Å². The molecule has 14 nitrogen and oxygen atoms in total. The van der Waals surface area contributed by atoms with Gasteiger partial charge in [0, 0.05) is 85.7 Å². The fourth-order valence-corrected chi connectivity index (χ4v) is 12.6. The number of para-hydroxylation sites is 1. The largest absolute Gasteiger partial charge is 0.494 e. The van der Waals surface area contributed by atoms with Gasteiger partial charge in [-0.15, -0.1) is 0 Å². The van der Waals surface area contributed by atoms with Gasteiger partial charge < -0.3 is 30.3 Å². The number of carbonyl (C=O) groups is 4. The maximum atomic E-state index is 16.2. The first-order chi connectivity index (χ1) is 34.8. The molecule has 1 aromatic heterocycles. The van der Waals surface area contributed by atoms with Crippen LogP contribution >= 0.6 is 11.6 Å². The lowest BCUT2D eigenvalue weighted by Gasteiger charge is -2.39. The molecule has 1 aliphatic carbocycles. The van der Waals surface area contributed by atoms with Gasteiger partial charge in [-0.3, -0.25) is 29.3 Å². The number of likely N-dealkylation sites (tertiary alicyclic amines) is 2. The first-order valence-electron chi connectivity index (χ1n) is 25.5. The second-order valence-electron chi connectivity index (χ2n) is 20.5. The van der Waals surface area contributed by atoms with Gasteiger partial charge in [-0.2, -0.15) is 5.10 Å². The van der Waals surface area contributed by atoms with E-state index < -0.39 is 35.1 Å². The average molecular weight is 1010 g/mol. The molecule has 2 unspecified atom stereocenters. The minimum Gasteiger partial charge on any atom is -0.494 e. The lowest BCUT2D eigenvalue weighted by molar-refractivity contribution is -0.138. The Morgan fingerprint density at radius 1 is 0.931 bits per heavy atom. The molecule has 2 atom stereocenters. The number of hydrogen-bond acceptors (Lipinski definition) is 9. The second-order valence-corrected chi connectivity index (χ2v) is 20.8. The molecule has 4 aliphatic heterocycles. The summed E-state index contributed by atoms with van der Waals surface area (Å²) in [5.41, 5.74) is 7.88. The van der Waals surface area contributed by atoms with E-state index >= 15 is 8.78 Å². The number of urea groups is 1. The molecule has 5 amide bonds. The summed E-state index contributed by atoms with van der Waals surface area (Å²) in [7, 11) is 3.23. The molecule has 3 saturated heterocycles. The van der Waals surface area contributed by atoms with Gasteiger partial charge in [0.25, 0.3) is 0 Å². The Labute approximate surface area is 423 Å². The van der Waals surface area contributed by atoms with Crippen molar-refractivity contribution in [1.29, 1.82) is 0 Å². The molecule has 72 heavy (non-hydrogen) atoms. The molecule has 4 aromatic carbocycles. The number of nitrogens with zero attached hydrogens (tertiary/aromatic N) is 5. The number of halogens is 3. The summed E-state index contributed by atoms with van der Waals surface area (Å²) in [4.78, 5) is 57.4. The minimum absolute atomic E-state index is 0.00213. The maximum Gasteiger partial charge on any atom is 0.329 e. The summed E-state index contributed by atoms with van der Waals surface area (Å²) in [5.74, 6) is -1.53. The number of aromatic nitrogens is 2. The molecule has 4 fully saturated rings. The number of nitrogens with two attached hydrogens (primary N) is 1. The predicted octanol–water partition coefficient (Wildman–Crippen LogP) is 8.77. The summed E-state index contributed by atoms with van der Waals surface area (Å²) >= 11 is 6.71. The van der Waals surface area contributed by atoms with Crippen LogP contribution in [0.1, 0.15) is 110 Å². The van der Waals surface area contributed by atoms with Crippen LogP contribution in [0.15, 0.2) is 66.7 Å². The number of hydrogen-bond donors (Lipinski definition) is 3. The predicted molar refractivity (Wildman–Crippen MR) is 271 cm³/mol. The van der Waals surface area contributed by atoms with Crippen LogP contribution in [-0.2, 0) is 22.2 Å². The van der Waals surface area contributed by atoms with Crippen LogP contribution < -0.4 is 30.7 Å². The Hall–Kier alpha value is -6.10. The van der Waals surface area contributed by atoms with E-state index in [0.29, 0.717) is 36.3 Å². The Morgan fingerprint density at radius 3 is 2.36 bits per heavy atom. The van der Waals surface area contributed by atoms with Crippen molar-refractivity contribution in [3.63, 3.8) is 0 Å². The van der Waals surface area contributed by atoms with Crippen molar-refractivity contribution in [2.45, 2.75) is 94.6 Å². The molecule has 0 spiro atoms. The van der Waals surface area contributed by atoms with Crippen molar-refractivity contribution < 1.29 is 37.4 Å². The van der Waals surface area contributed by atoms with Crippen molar-refractivity contribution in [3.8, 4) is 22.6 Å². The standard InChI is InChI=1S/C55H63ClF2N8O6/c1-32-45-43(30-41(57)48(56)47(45)46-39(51(59)68)16-17-42(71-3)49(46)58)72-55(32,36-8-5-4-6-9-36)31-60-37-14-12-35(13-15-37)53(69)65-27-19-33(20-28-65)18-24-64-25-21-34(22-26-64)38-10-7-11-40-50(38)63(2)62-52(40)66-29-23-44(67)61-54(66)70/h4-11,16-17,30,32-35,37,60H,12-15,18-29,31H2,1-3H3,(H2,59,68)(H,61,67,70). The molecule has 1 saturated carbocycles. The molecule has 5 heterocycles. The van der Waals surface area contributed by atoms with E-state index in [0.717, 1.165) is 107 Å². The number of ether oxygens (including phenoxy) is 2. The molecule has 10 rings (SSSR count). The zero-order valence-corrected chi connectivity index (χ0v) is 41.9. The number of methoxy groups -OCH3 is 1. The molecule has 17 heteroatoms. The van der Waals surface area contributed by atoms with E-state index in [1.165, 1.54) is 30.9 Å². The Balaban J connectivity index is 0.718. The number of benzene rings is 4. The van der Waals surface area contributed by atoms with Gasteiger partial charge in [0.2, 0.25) is 17.7 Å². The number of rotatable bonds is 13. The first-order valence-corrected chi connectivity index (χ1v) is 25.9. The van der Waals surface area contributed by atoms with E-state index in [9.17, 15) is 19.2 Å². The van der Waals surface area contributed by atoms with Crippen molar-refractivity contribution >= 4 is 52.1 Å². The SMILES string of the molecule is COc1ccc(C(N)=O)c(-c2c(Cl)c(F)cc3c2C(C)C(CNC2CCC(C(=O)N4CCC(CCN5CCC(c6cccc7c(N8CCC(=O)NC8=O)nn(C)c67)CC5)CC4)CC2)(c2ccccc2)O3)c1F. The monoisotopic (exact) mass is 1000 g/mol. The van der Waals surface area contributed by atoms with Crippen molar-refractivity contribution in [1.82, 2.24) is 30.2 Å². The van der Waals surface area contributed by atoms with Gasteiger partial charge in [-0.1, -0.05) is 61.0 Å². The van der Waals surface area contributed by atoms with Crippen LogP contribution in [0.2, 0.25) is 5.02 Å². The second kappa shape index (κ2) is 20.4. The minimum atomic E-state index is -1.06. The molecular weight excluding hydrogens is 942 g/mol. The van der Waals surface area contributed by atoms with Gasteiger partial charge in [-0.25, -0.2) is 13.6 Å². The number of imide groups is 1. The zero-order chi connectivity index (χ0) is 50.4. The topological polar surface area (TPSA) is 164 Å². The zero-order valence-electron chi connectivity index (χ0n) is 41.2. The van der Waals surface area contributed by atoms with E-state index in [2.05, 4.69) is 32.6 Å². The van der Waals surface area contributed by atoms with Crippen molar-refractivity contribution in [2.24, 2.45) is 24.6 Å². The van der Waals surface area contributed by atoms with Gasteiger partial charge in [0.05, 0.1) is 23.2 Å². The number of fused-ring (bicyclic) bond motifs is 2. The maximum absolute atomic E-state index is 16.2. The van der Waals surface area contributed by atoms with Crippen LogP contribution in [0.3, 0.4) is 0 Å². The molecule has 5 aliphatic rings. The summed E-state index contributed by atoms with van der Waals surface area (Å²) in [5, 5.41) is 11.5. The van der Waals surface area contributed by atoms with E-state index in [4.69, 9.17) is 31.9 Å². The normalized spacial score (nSPS) is 23.3. The van der Waals surface area contributed by atoms with Crippen molar-refractivity contribution in [3.05, 3.63) is 106 Å². The van der Waals surface area contributed by atoms with Gasteiger partial charge in [0.15, 0.2) is 23.0 Å². The molecule has 0 radical (unpaired) electrons. The fourth-order valence-electron chi connectivity index (χ4n) is 12.4. The summed E-state index contributed by atoms with van der Waals surface area (Å²) in [6, 6.07) is 19.5. The number of carbonyl (C=O) groups excluding carboxylic acids is 4. The lowest BCUT2D eigenvalue weighted by Crippen LogP contribution is -2.49. The van der Waals surface area contributed by atoms with Crippen molar-refractivity contribution in [2.75, 3.05) is 57.8 Å². The Kier molecular flexibility index (Phi) is 14.0. The summed E-state index contributed by atoms with van der Waals surface area (Å²) < 4.78 is 46.0. The number of nitrogens with one attached hydrogen (secondary N) is 2. The number of amides is 5. The smallest absolute Gasteiger partial charge is 0.329 e. The highest BCUT2D eigenvalue weighted by molar-refractivity contribution is 6.34. The highest BCUT2D eigenvalue weighted by Gasteiger charge is 2.50. The van der Waals surface area contributed by atoms with Gasteiger partial charge in [-0.05, 0) is 119 Å². The fraction of sp³-hybridized carbons (Fsp3) is 0.473. The number of piperidine rings is 2. The number of primary amides is 1. The molecular formula is C55H63ClF2N8O6. The van der Waals surface area contributed by atoms with Crippen LogP contribution in [0.25, 0.3) is 22.0 Å². The number of aryl methyl sites for hydroxylation is 1. The Bertz CT molecular complexity index is 2890. The average Bonchev–Trinajstić information content (AvgIpc) is 3.88. The van der Waals surface area contributed by atoms with E-state index in [-0.39, 0.29) is 63.4 Å². The van der Waals surface area contributed by atoms with Crippen LogP contribution in [0.4, 0.5) is 19.4 Å². The lowest BCUT2D eigenvalue weighted by atomic mass is 9.77. The quantitative estimate of drug-likeness (QED) is 0.105. The summed E-state index contributed by atoms with van der Waals surface area (Å²) in [6.45, 7) is 7.26. The third kappa shape index (κ3) is 9.19. The summed E-state index contributed by atoms with van der Waals surface area (Å²) in [6.07, 6.45) is 8.64.